The van der Waals surface area contributed by atoms with Crippen molar-refractivity contribution in [2.45, 2.75) is 51.9 Å². The van der Waals surface area contributed by atoms with Crippen LogP contribution in [0.25, 0.3) is 0 Å². The predicted octanol–water partition coefficient (Wildman–Crippen LogP) is 3.23. The lowest BCUT2D eigenvalue weighted by molar-refractivity contribution is 0.520. The molecule has 0 bridgehead atoms. The number of aromatic amines is 1. The molecule has 0 saturated heterocycles. The lowest BCUT2D eigenvalue weighted by Gasteiger charge is -2.24. The van der Waals surface area contributed by atoms with E-state index in [0.717, 1.165) is 18.8 Å². The van der Waals surface area contributed by atoms with Gasteiger partial charge in [0.25, 0.3) is 0 Å². The van der Waals surface area contributed by atoms with Crippen LogP contribution in [0.1, 0.15) is 63.1 Å². The van der Waals surface area contributed by atoms with E-state index in [1.165, 1.54) is 24.1 Å². The summed E-state index contributed by atoms with van der Waals surface area (Å²) < 4.78 is 0. The summed E-state index contributed by atoms with van der Waals surface area (Å²) >= 11 is 0. The van der Waals surface area contributed by atoms with Gasteiger partial charge in [0.05, 0.1) is 0 Å². The number of anilines is 1. The number of aromatic nitrogens is 2. The highest BCUT2D eigenvalue weighted by Crippen LogP contribution is 2.40. The molecule has 2 rings (SSSR count). The van der Waals surface area contributed by atoms with Crippen LogP contribution in [0.5, 0.6) is 0 Å². The van der Waals surface area contributed by atoms with Gasteiger partial charge in [-0.25, -0.2) is 0 Å². The summed E-state index contributed by atoms with van der Waals surface area (Å²) in [6, 6.07) is 0. The van der Waals surface area contributed by atoms with Gasteiger partial charge in [-0.3, -0.25) is 5.10 Å². The molecule has 0 aromatic carbocycles. The first-order valence-corrected chi connectivity index (χ1v) is 6.06. The van der Waals surface area contributed by atoms with E-state index in [9.17, 15) is 0 Å². The number of rotatable bonds is 3. The van der Waals surface area contributed by atoms with Gasteiger partial charge in [0, 0.05) is 17.8 Å². The Labute approximate surface area is 91.7 Å². The van der Waals surface area contributed by atoms with Crippen molar-refractivity contribution in [2.75, 3.05) is 11.9 Å². The Bertz CT molecular complexity index is 330. The fourth-order valence-corrected chi connectivity index (χ4v) is 2.41. The molecule has 3 heteroatoms. The molecule has 0 amide bonds. The Balaban J connectivity index is 2.26. The Kier molecular flexibility index (Phi) is 2.98. The topological polar surface area (TPSA) is 40.7 Å². The summed E-state index contributed by atoms with van der Waals surface area (Å²) in [5, 5.41) is 11.0. The SMILES string of the molecule is CCCNc1n[nH]c2c1C(C)CCC2C. The first-order chi connectivity index (χ1) is 7.24. The minimum absolute atomic E-state index is 0.640. The average Bonchev–Trinajstić information content (AvgIpc) is 2.65. The summed E-state index contributed by atoms with van der Waals surface area (Å²) in [6.45, 7) is 7.78. The third-order valence-electron chi connectivity index (χ3n) is 3.39. The van der Waals surface area contributed by atoms with Crippen molar-refractivity contribution in [2.24, 2.45) is 0 Å². The molecule has 1 aromatic rings. The molecule has 15 heavy (non-hydrogen) atoms. The Morgan fingerprint density at radius 1 is 1.33 bits per heavy atom. The van der Waals surface area contributed by atoms with Crippen LogP contribution in [-0.4, -0.2) is 16.7 Å². The van der Waals surface area contributed by atoms with Crippen LogP contribution >= 0.6 is 0 Å². The maximum Gasteiger partial charge on any atom is 0.151 e. The van der Waals surface area contributed by atoms with Crippen molar-refractivity contribution in [1.29, 1.82) is 0 Å². The Morgan fingerprint density at radius 2 is 2.07 bits per heavy atom. The highest BCUT2D eigenvalue weighted by atomic mass is 15.2. The molecule has 1 aliphatic rings. The third kappa shape index (κ3) is 1.87. The lowest BCUT2D eigenvalue weighted by atomic mass is 9.82. The van der Waals surface area contributed by atoms with Gasteiger partial charge in [-0.15, -0.1) is 0 Å². The summed E-state index contributed by atoms with van der Waals surface area (Å²) in [6.07, 6.45) is 3.71. The van der Waals surface area contributed by atoms with E-state index < -0.39 is 0 Å². The second kappa shape index (κ2) is 4.25. The van der Waals surface area contributed by atoms with E-state index in [-0.39, 0.29) is 0 Å². The monoisotopic (exact) mass is 207 g/mol. The van der Waals surface area contributed by atoms with Gasteiger partial charge in [-0.05, 0) is 31.1 Å². The first-order valence-electron chi connectivity index (χ1n) is 6.06. The molecular formula is C12H21N3. The van der Waals surface area contributed by atoms with Crippen LogP contribution in [0.2, 0.25) is 0 Å². The van der Waals surface area contributed by atoms with Crippen molar-refractivity contribution >= 4 is 5.82 Å². The zero-order valence-electron chi connectivity index (χ0n) is 9.93. The molecule has 84 valence electrons. The fraction of sp³-hybridized carbons (Fsp3) is 0.750. The van der Waals surface area contributed by atoms with Gasteiger partial charge in [0.15, 0.2) is 5.82 Å². The molecule has 2 N–H and O–H groups in total. The van der Waals surface area contributed by atoms with E-state index in [0.29, 0.717) is 11.8 Å². The quantitative estimate of drug-likeness (QED) is 0.799. The Morgan fingerprint density at radius 3 is 2.80 bits per heavy atom. The number of nitrogens with one attached hydrogen (secondary N) is 2. The standard InChI is InChI=1S/C12H21N3/c1-4-7-13-12-10-8(2)5-6-9(3)11(10)14-15-12/h8-9H,4-7H2,1-3H3,(H2,13,14,15). The number of hydrogen-bond acceptors (Lipinski definition) is 2. The molecule has 2 atom stereocenters. The fourth-order valence-electron chi connectivity index (χ4n) is 2.41. The molecule has 1 aliphatic carbocycles. The van der Waals surface area contributed by atoms with E-state index in [1.807, 2.05) is 0 Å². The van der Waals surface area contributed by atoms with Crippen LogP contribution < -0.4 is 5.32 Å². The maximum atomic E-state index is 4.40. The zero-order chi connectivity index (χ0) is 10.8. The largest absolute Gasteiger partial charge is 0.368 e. The molecule has 3 nitrogen and oxygen atoms in total. The summed E-state index contributed by atoms with van der Waals surface area (Å²) in [4.78, 5) is 0. The predicted molar refractivity (Wildman–Crippen MR) is 63.4 cm³/mol. The van der Waals surface area contributed by atoms with Gasteiger partial charge in [-0.2, -0.15) is 5.10 Å². The summed E-state index contributed by atoms with van der Waals surface area (Å²) in [5.74, 6) is 2.38. The van der Waals surface area contributed by atoms with Crippen LogP contribution in [0.4, 0.5) is 5.82 Å². The second-order valence-corrected chi connectivity index (χ2v) is 4.71. The van der Waals surface area contributed by atoms with Crippen LogP contribution in [-0.2, 0) is 0 Å². The van der Waals surface area contributed by atoms with Gasteiger partial charge in [0.1, 0.15) is 0 Å². The molecule has 1 heterocycles. The van der Waals surface area contributed by atoms with Gasteiger partial charge >= 0.3 is 0 Å². The number of H-pyrrole nitrogens is 1. The van der Waals surface area contributed by atoms with Gasteiger partial charge in [0.2, 0.25) is 0 Å². The molecule has 0 fully saturated rings. The molecular weight excluding hydrogens is 186 g/mol. The van der Waals surface area contributed by atoms with Crippen molar-refractivity contribution in [1.82, 2.24) is 10.2 Å². The Hall–Kier alpha value is -0.990. The molecule has 0 aliphatic heterocycles. The first kappa shape index (κ1) is 10.5. The van der Waals surface area contributed by atoms with Crippen molar-refractivity contribution < 1.29 is 0 Å². The third-order valence-corrected chi connectivity index (χ3v) is 3.39. The van der Waals surface area contributed by atoms with Crippen molar-refractivity contribution in [3.8, 4) is 0 Å². The number of hydrogen-bond donors (Lipinski definition) is 2. The highest BCUT2D eigenvalue weighted by Gasteiger charge is 2.27. The van der Waals surface area contributed by atoms with E-state index >= 15 is 0 Å². The zero-order valence-corrected chi connectivity index (χ0v) is 9.93. The lowest BCUT2D eigenvalue weighted by Crippen LogP contribution is -2.11. The minimum atomic E-state index is 0.640. The van der Waals surface area contributed by atoms with Gasteiger partial charge < -0.3 is 5.32 Å². The van der Waals surface area contributed by atoms with Crippen molar-refractivity contribution in [3.05, 3.63) is 11.3 Å². The average molecular weight is 207 g/mol. The van der Waals surface area contributed by atoms with E-state index in [2.05, 4.69) is 36.3 Å². The maximum absolute atomic E-state index is 4.40. The van der Waals surface area contributed by atoms with E-state index in [1.54, 1.807) is 0 Å². The normalized spacial score (nSPS) is 25.0. The number of fused-ring (bicyclic) bond motifs is 1. The molecule has 0 radical (unpaired) electrons. The van der Waals surface area contributed by atoms with Crippen LogP contribution in [0.15, 0.2) is 0 Å². The molecule has 1 aromatic heterocycles. The second-order valence-electron chi connectivity index (χ2n) is 4.71. The van der Waals surface area contributed by atoms with Crippen LogP contribution in [0, 0.1) is 0 Å². The molecule has 2 unspecified atom stereocenters. The van der Waals surface area contributed by atoms with Gasteiger partial charge in [-0.1, -0.05) is 20.8 Å². The smallest absolute Gasteiger partial charge is 0.151 e. The summed E-state index contributed by atoms with van der Waals surface area (Å²) in [5.41, 5.74) is 2.79. The minimum Gasteiger partial charge on any atom is -0.368 e. The highest BCUT2D eigenvalue weighted by molar-refractivity contribution is 5.50. The number of nitrogens with zero attached hydrogens (tertiary/aromatic N) is 1. The summed E-state index contributed by atoms with van der Waals surface area (Å²) in [7, 11) is 0. The van der Waals surface area contributed by atoms with Crippen molar-refractivity contribution in [3.63, 3.8) is 0 Å². The molecule has 0 spiro atoms. The van der Waals surface area contributed by atoms with Crippen LogP contribution in [0.3, 0.4) is 0 Å². The molecule has 0 saturated carbocycles. The van der Waals surface area contributed by atoms with E-state index in [4.69, 9.17) is 0 Å².